The molecule has 2 nitrogen and oxygen atoms in total. The first-order valence-electron chi connectivity index (χ1n) is 6.42. The van der Waals surface area contributed by atoms with Crippen molar-refractivity contribution in [1.82, 2.24) is 0 Å². The molecule has 0 spiro atoms. The van der Waals surface area contributed by atoms with Crippen molar-refractivity contribution in [3.05, 3.63) is 0 Å². The summed E-state index contributed by atoms with van der Waals surface area (Å²) in [7, 11) is 0. The summed E-state index contributed by atoms with van der Waals surface area (Å²) in [5, 5.41) is 0. The summed E-state index contributed by atoms with van der Waals surface area (Å²) >= 11 is 0.835. The summed E-state index contributed by atoms with van der Waals surface area (Å²) in [6.45, 7) is 0.202. The Labute approximate surface area is 180 Å². The van der Waals surface area contributed by atoms with Crippen LogP contribution in [0.5, 0.6) is 0 Å². The van der Waals surface area contributed by atoms with E-state index < -0.39 is 57.0 Å². The molecule has 0 aromatic carbocycles. The lowest BCUT2D eigenvalue weighted by Crippen LogP contribution is -2.54. The van der Waals surface area contributed by atoms with Gasteiger partial charge >= 0.3 is 34.3 Å². The van der Waals surface area contributed by atoms with Crippen LogP contribution >= 0.6 is 45.2 Å². The van der Waals surface area contributed by atoms with Gasteiger partial charge in [0.15, 0.2) is 0 Å². The van der Waals surface area contributed by atoms with Crippen molar-refractivity contribution in [2.45, 2.75) is 51.3 Å². The minimum absolute atomic E-state index is 0.328. The summed E-state index contributed by atoms with van der Waals surface area (Å²) in [5.41, 5.74) is -5.31. The Morgan fingerprint density at radius 1 is 0.759 bits per heavy atom. The molecule has 0 aliphatic rings. The molecule has 1 atom stereocenters. The Kier molecular flexibility index (Phi) is 10.8. The van der Waals surface area contributed by atoms with Gasteiger partial charge in [-0.2, -0.15) is 52.7 Å². The van der Waals surface area contributed by atoms with Crippen LogP contribution in [0, 0.1) is 0 Å². The van der Waals surface area contributed by atoms with Crippen LogP contribution in [0.2, 0.25) is 0 Å². The third-order valence-corrected chi connectivity index (χ3v) is 4.60. The summed E-state index contributed by atoms with van der Waals surface area (Å²) in [4.78, 5) is 10.3. The van der Waals surface area contributed by atoms with E-state index in [-0.39, 0.29) is 22.6 Å². The lowest BCUT2D eigenvalue weighted by molar-refractivity contribution is -0.343. The Morgan fingerprint density at radius 3 is 1.24 bits per heavy atom. The van der Waals surface area contributed by atoms with Gasteiger partial charge in [0.25, 0.3) is 5.67 Å². The van der Waals surface area contributed by atoms with Crippen LogP contribution in [0.15, 0.2) is 0 Å². The highest BCUT2D eigenvalue weighted by Gasteiger charge is 2.73. The van der Waals surface area contributed by atoms with E-state index in [2.05, 4.69) is 4.74 Å². The number of alkyl halides is 16. The maximum absolute atomic E-state index is 13.2. The lowest BCUT2D eigenvalue weighted by atomic mass is 9.98. The van der Waals surface area contributed by atoms with Gasteiger partial charge in [0, 0.05) is 17.3 Å². The molecule has 29 heavy (non-hydrogen) atoms. The van der Waals surface area contributed by atoms with E-state index >= 15 is 0 Å². The van der Waals surface area contributed by atoms with Crippen molar-refractivity contribution in [1.29, 1.82) is 0 Å². The van der Waals surface area contributed by atoms with Crippen LogP contribution in [-0.2, 0) is 9.53 Å². The first-order valence-corrected chi connectivity index (χ1v) is 8.74. The third-order valence-electron chi connectivity index (χ3n) is 2.58. The Bertz CT molecular complexity index is 504. The van der Waals surface area contributed by atoms with E-state index in [1.54, 1.807) is 0 Å². The minimum Gasteiger partial charge on any atom is -0.465 e. The SMILES string of the molecule is CC(=O)OCC(I)CC(F)(C(F)(F)F)C(F)(F)F.FC(F)(F)C(F)(I)C(F)(F)F. The molecular formula is C11H8F14I2O2. The highest BCUT2D eigenvalue weighted by molar-refractivity contribution is 14.1. The fourth-order valence-electron chi connectivity index (χ4n) is 1.12. The molecule has 0 saturated heterocycles. The second kappa shape index (κ2) is 10.0. The molecule has 0 saturated carbocycles. The van der Waals surface area contributed by atoms with Crippen LogP contribution in [0.25, 0.3) is 0 Å². The molecule has 0 fully saturated rings. The van der Waals surface area contributed by atoms with Crippen molar-refractivity contribution in [2.75, 3.05) is 6.61 Å². The predicted molar refractivity (Wildman–Crippen MR) is 85.0 cm³/mol. The van der Waals surface area contributed by atoms with Crippen molar-refractivity contribution in [3.8, 4) is 0 Å². The number of carbonyl (C=O) groups is 1. The summed E-state index contributed by atoms with van der Waals surface area (Å²) in [5.74, 6) is -0.875. The van der Waals surface area contributed by atoms with Crippen LogP contribution in [0.3, 0.4) is 0 Å². The van der Waals surface area contributed by atoms with Crippen LogP contribution in [-0.4, -0.2) is 50.6 Å². The molecule has 0 aliphatic heterocycles. The minimum atomic E-state index is -6.08. The normalized spacial score (nSPS) is 15.3. The maximum Gasteiger partial charge on any atom is 0.441 e. The number of rotatable bonds is 4. The summed E-state index contributed by atoms with van der Waals surface area (Å²) in [6, 6.07) is 0. The van der Waals surface area contributed by atoms with Crippen molar-refractivity contribution in [3.63, 3.8) is 0 Å². The van der Waals surface area contributed by atoms with E-state index in [1.165, 1.54) is 0 Å². The maximum atomic E-state index is 13.2. The van der Waals surface area contributed by atoms with Gasteiger partial charge in [0.1, 0.15) is 6.61 Å². The fourth-order valence-corrected chi connectivity index (χ4v) is 1.91. The highest BCUT2D eigenvalue weighted by Crippen LogP contribution is 2.51. The first kappa shape index (κ1) is 31.1. The fraction of sp³-hybridized carbons (Fsp3) is 0.909. The van der Waals surface area contributed by atoms with E-state index in [4.69, 9.17) is 0 Å². The molecule has 0 aliphatic carbocycles. The summed E-state index contributed by atoms with van der Waals surface area (Å²) < 4.78 is 163. The number of hydrogen-bond acceptors (Lipinski definition) is 2. The predicted octanol–water partition coefficient (Wildman–Crippen LogP) is 6.79. The molecular weight excluding hydrogens is 684 g/mol. The van der Waals surface area contributed by atoms with E-state index in [9.17, 15) is 66.3 Å². The van der Waals surface area contributed by atoms with Crippen molar-refractivity contribution < 1.29 is 71.0 Å². The smallest absolute Gasteiger partial charge is 0.441 e. The van der Waals surface area contributed by atoms with Gasteiger partial charge in [-0.3, -0.25) is 4.79 Å². The number of ether oxygens (including phenoxy) is 1. The van der Waals surface area contributed by atoms with Gasteiger partial charge in [0.05, 0.1) is 0 Å². The Hall–Kier alpha value is -0.0500. The molecule has 0 aromatic rings. The second-order valence-corrected chi connectivity index (χ2v) is 8.22. The Morgan fingerprint density at radius 2 is 1.07 bits per heavy atom. The molecule has 176 valence electrons. The third kappa shape index (κ3) is 8.91. The zero-order valence-electron chi connectivity index (χ0n) is 13.4. The molecule has 0 rings (SSSR count). The van der Waals surface area contributed by atoms with Gasteiger partial charge in [0.2, 0.25) is 0 Å². The monoisotopic (exact) mass is 692 g/mol. The first-order chi connectivity index (χ1) is 12.3. The number of halogens is 16. The number of hydrogen-bond donors (Lipinski definition) is 0. The van der Waals surface area contributed by atoms with Crippen LogP contribution < -0.4 is 0 Å². The van der Waals surface area contributed by atoms with Crippen LogP contribution in [0.4, 0.5) is 61.5 Å². The molecule has 0 aromatic heterocycles. The lowest BCUT2D eigenvalue weighted by Gasteiger charge is -2.31. The van der Waals surface area contributed by atoms with Gasteiger partial charge < -0.3 is 4.74 Å². The average Bonchev–Trinajstić information content (AvgIpc) is 2.40. The number of carbonyl (C=O) groups excluding carboxylic acids is 1. The second-order valence-electron chi connectivity index (χ2n) is 4.97. The van der Waals surface area contributed by atoms with E-state index in [0.29, 0.717) is 0 Å². The van der Waals surface area contributed by atoms with Gasteiger partial charge in [-0.25, -0.2) is 8.78 Å². The van der Waals surface area contributed by atoms with Gasteiger partial charge in [-0.15, -0.1) is 0 Å². The zero-order valence-corrected chi connectivity index (χ0v) is 17.7. The van der Waals surface area contributed by atoms with E-state index in [0.717, 1.165) is 29.5 Å². The zero-order chi connectivity index (χ0) is 24.3. The molecule has 0 N–H and O–H groups in total. The van der Waals surface area contributed by atoms with Crippen molar-refractivity contribution in [2.24, 2.45) is 0 Å². The van der Waals surface area contributed by atoms with Gasteiger partial charge in [-0.1, -0.05) is 22.6 Å². The number of esters is 1. The average molecular weight is 692 g/mol. The quantitative estimate of drug-likeness (QED) is 0.141. The topological polar surface area (TPSA) is 26.3 Å². The molecule has 0 amide bonds. The van der Waals surface area contributed by atoms with Gasteiger partial charge in [-0.05, 0) is 22.6 Å². The highest BCUT2D eigenvalue weighted by atomic mass is 127. The molecule has 18 heteroatoms. The molecule has 0 heterocycles. The molecule has 0 radical (unpaired) electrons. The largest absolute Gasteiger partial charge is 0.465 e. The van der Waals surface area contributed by atoms with Crippen LogP contribution in [0.1, 0.15) is 13.3 Å². The Balaban J connectivity index is 0. The molecule has 0 bridgehead atoms. The molecule has 1 unspecified atom stereocenters. The summed E-state index contributed by atoms with van der Waals surface area (Å²) in [6.07, 6.45) is -25.9. The van der Waals surface area contributed by atoms with E-state index in [1.807, 2.05) is 0 Å². The standard InChI is InChI=1S/C8H8F7IO2.C3F7I/c1-4(17)18-3-5(16)2-6(9,7(10,11)12)8(13,14)15;4-1(11,2(5,6)7)3(8,9)10/h5H,2-3H2,1H3;. The van der Waals surface area contributed by atoms with Crippen molar-refractivity contribution >= 4 is 51.2 Å².